The molecule has 1 aromatic carbocycles. The number of hydrogen-bond donors (Lipinski definition) is 1. The minimum atomic E-state index is -0.486. The highest BCUT2D eigenvalue weighted by Gasteiger charge is 2.20. The molecule has 2 heterocycles. The quantitative estimate of drug-likeness (QED) is 0.802. The molecule has 5 nitrogen and oxygen atoms in total. The normalized spacial score (nSPS) is 14.8. The van der Waals surface area contributed by atoms with E-state index >= 15 is 0 Å². The fourth-order valence-corrected chi connectivity index (χ4v) is 3.67. The highest BCUT2D eigenvalue weighted by atomic mass is 32.1. The molecule has 3 rings (SSSR count). The first-order chi connectivity index (χ1) is 12.6. The average Bonchev–Trinajstić information content (AvgIpc) is 2.82. The zero-order valence-corrected chi connectivity index (χ0v) is 16.4. The maximum absolute atomic E-state index is 11.6. The van der Waals surface area contributed by atoms with Gasteiger partial charge in [-0.1, -0.05) is 48.7 Å². The van der Waals surface area contributed by atoms with E-state index in [1.54, 1.807) is 6.92 Å². The highest BCUT2D eigenvalue weighted by Crippen LogP contribution is 2.26. The van der Waals surface area contributed by atoms with E-state index in [1.165, 1.54) is 42.6 Å². The summed E-state index contributed by atoms with van der Waals surface area (Å²) in [5.41, 5.74) is 1.32. The van der Waals surface area contributed by atoms with Gasteiger partial charge in [0.05, 0.1) is 13.2 Å². The summed E-state index contributed by atoms with van der Waals surface area (Å²) in [6.07, 6.45) is 4.99. The van der Waals surface area contributed by atoms with Crippen LogP contribution in [0.15, 0.2) is 30.3 Å². The Hall–Kier alpha value is -1.92. The van der Waals surface area contributed by atoms with E-state index in [0.29, 0.717) is 13.2 Å². The van der Waals surface area contributed by atoms with Crippen molar-refractivity contribution in [2.75, 3.05) is 19.7 Å². The van der Waals surface area contributed by atoms with Crippen LogP contribution in [0.5, 0.6) is 5.88 Å². The molecule has 0 radical (unpaired) electrons. The SMILES string of the molecule is CCOC(=O)c1sc(CN2CCCCCC2)nc1O.Cc1ccccc1. The molecule has 2 aromatic rings. The van der Waals surface area contributed by atoms with E-state index in [-0.39, 0.29) is 10.8 Å². The Labute approximate surface area is 159 Å². The molecule has 1 aliphatic heterocycles. The highest BCUT2D eigenvalue weighted by molar-refractivity contribution is 7.13. The van der Waals surface area contributed by atoms with Gasteiger partial charge < -0.3 is 9.84 Å². The van der Waals surface area contributed by atoms with Crippen LogP contribution in [0.3, 0.4) is 0 Å². The maximum Gasteiger partial charge on any atom is 0.353 e. The van der Waals surface area contributed by atoms with Crippen molar-refractivity contribution >= 4 is 17.3 Å². The Morgan fingerprint density at radius 1 is 1.19 bits per heavy atom. The van der Waals surface area contributed by atoms with Crippen LogP contribution >= 0.6 is 11.3 Å². The number of esters is 1. The number of carbonyl (C=O) groups is 1. The summed E-state index contributed by atoms with van der Waals surface area (Å²) >= 11 is 1.23. The Morgan fingerprint density at radius 2 is 1.85 bits per heavy atom. The lowest BCUT2D eigenvalue weighted by Crippen LogP contribution is -2.23. The number of thiazole rings is 1. The molecular weight excluding hydrogens is 348 g/mol. The molecule has 0 spiro atoms. The van der Waals surface area contributed by atoms with Gasteiger partial charge in [-0.15, -0.1) is 11.3 Å². The van der Waals surface area contributed by atoms with Crippen molar-refractivity contribution in [2.45, 2.75) is 46.1 Å². The topological polar surface area (TPSA) is 62.7 Å². The van der Waals surface area contributed by atoms with Crippen molar-refractivity contribution in [2.24, 2.45) is 0 Å². The second kappa shape index (κ2) is 10.9. The molecule has 142 valence electrons. The summed E-state index contributed by atoms with van der Waals surface area (Å²) in [7, 11) is 0. The lowest BCUT2D eigenvalue weighted by Gasteiger charge is -2.17. The van der Waals surface area contributed by atoms with Crippen molar-refractivity contribution < 1.29 is 14.6 Å². The molecule has 0 unspecified atom stereocenters. The number of likely N-dealkylation sites (tertiary alicyclic amines) is 1. The molecule has 0 atom stereocenters. The number of ether oxygens (including phenoxy) is 1. The fourth-order valence-electron chi connectivity index (χ4n) is 2.77. The standard InChI is InChI=1S/C13H20N2O3S.C7H8/c1-2-18-13(17)11-12(16)14-10(19-11)9-15-7-5-3-4-6-8-15;1-7-5-3-2-4-6-7/h16H,2-9H2,1H3;2-6H,1H3. The van der Waals surface area contributed by atoms with Gasteiger partial charge in [-0.3, -0.25) is 4.90 Å². The summed E-state index contributed by atoms with van der Waals surface area (Å²) in [4.78, 5) is 18.2. The van der Waals surface area contributed by atoms with Crippen LogP contribution in [0.2, 0.25) is 0 Å². The number of aryl methyl sites for hydroxylation is 1. The molecule has 1 saturated heterocycles. The number of carbonyl (C=O) groups excluding carboxylic acids is 1. The molecule has 0 amide bonds. The smallest absolute Gasteiger partial charge is 0.353 e. The Bertz CT molecular complexity index is 665. The van der Waals surface area contributed by atoms with Crippen molar-refractivity contribution in [3.8, 4) is 5.88 Å². The number of rotatable bonds is 4. The summed E-state index contributed by atoms with van der Waals surface area (Å²) in [6, 6.07) is 10.3. The van der Waals surface area contributed by atoms with E-state index in [9.17, 15) is 9.90 Å². The summed E-state index contributed by atoms with van der Waals surface area (Å²) in [6.45, 7) is 6.97. The third kappa shape index (κ3) is 6.77. The van der Waals surface area contributed by atoms with Gasteiger partial charge >= 0.3 is 5.97 Å². The van der Waals surface area contributed by atoms with Crippen LogP contribution in [-0.4, -0.2) is 40.7 Å². The first kappa shape index (κ1) is 20.4. The third-order valence-corrected chi connectivity index (χ3v) is 5.12. The number of hydrogen-bond acceptors (Lipinski definition) is 6. The predicted molar refractivity (Wildman–Crippen MR) is 105 cm³/mol. The zero-order valence-electron chi connectivity index (χ0n) is 15.6. The monoisotopic (exact) mass is 376 g/mol. The van der Waals surface area contributed by atoms with Gasteiger partial charge in [0.2, 0.25) is 5.88 Å². The Balaban J connectivity index is 0.000000290. The van der Waals surface area contributed by atoms with Gasteiger partial charge in [0.1, 0.15) is 5.01 Å². The predicted octanol–water partition coefficient (Wildman–Crippen LogP) is 4.40. The molecule has 0 aliphatic carbocycles. The van der Waals surface area contributed by atoms with Crippen LogP contribution < -0.4 is 0 Å². The maximum atomic E-state index is 11.6. The lowest BCUT2D eigenvalue weighted by atomic mass is 10.2. The number of benzene rings is 1. The molecule has 1 aromatic heterocycles. The molecule has 1 aliphatic rings. The zero-order chi connectivity index (χ0) is 18.8. The number of nitrogens with zero attached hydrogens (tertiary/aromatic N) is 2. The van der Waals surface area contributed by atoms with Gasteiger partial charge in [-0.2, -0.15) is 0 Å². The molecule has 0 bridgehead atoms. The third-order valence-electron chi connectivity index (χ3n) is 4.11. The van der Waals surface area contributed by atoms with E-state index in [1.807, 2.05) is 18.2 Å². The Kier molecular flexibility index (Phi) is 8.58. The molecule has 1 fully saturated rings. The van der Waals surface area contributed by atoms with E-state index < -0.39 is 5.97 Å². The molecule has 6 heteroatoms. The largest absolute Gasteiger partial charge is 0.492 e. The summed E-state index contributed by atoms with van der Waals surface area (Å²) < 4.78 is 4.89. The van der Waals surface area contributed by atoms with Crippen molar-refractivity contribution in [3.63, 3.8) is 0 Å². The van der Waals surface area contributed by atoms with Crippen LogP contribution in [0.25, 0.3) is 0 Å². The van der Waals surface area contributed by atoms with Crippen LogP contribution in [0, 0.1) is 6.92 Å². The van der Waals surface area contributed by atoms with E-state index in [0.717, 1.165) is 18.1 Å². The average molecular weight is 377 g/mol. The fraction of sp³-hybridized carbons (Fsp3) is 0.500. The molecule has 26 heavy (non-hydrogen) atoms. The number of aromatic nitrogens is 1. The minimum absolute atomic E-state index is 0.201. The first-order valence-electron chi connectivity index (χ1n) is 9.20. The van der Waals surface area contributed by atoms with Gasteiger partial charge in [-0.05, 0) is 39.8 Å². The molecular formula is C20H28N2O3S. The van der Waals surface area contributed by atoms with Crippen molar-refractivity contribution in [1.29, 1.82) is 0 Å². The molecule has 0 saturated carbocycles. The molecule has 1 N–H and O–H groups in total. The second-order valence-electron chi connectivity index (χ2n) is 6.33. The van der Waals surface area contributed by atoms with Crippen LogP contribution in [0.4, 0.5) is 0 Å². The summed E-state index contributed by atoms with van der Waals surface area (Å²) in [5.74, 6) is -0.687. The van der Waals surface area contributed by atoms with E-state index in [2.05, 4.69) is 28.9 Å². The van der Waals surface area contributed by atoms with Crippen LogP contribution in [0.1, 0.15) is 52.8 Å². The van der Waals surface area contributed by atoms with Gasteiger partial charge in [0.25, 0.3) is 0 Å². The summed E-state index contributed by atoms with van der Waals surface area (Å²) in [5, 5.41) is 10.5. The second-order valence-corrected chi connectivity index (χ2v) is 7.41. The van der Waals surface area contributed by atoms with Crippen LogP contribution in [-0.2, 0) is 11.3 Å². The minimum Gasteiger partial charge on any atom is -0.492 e. The van der Waals surface area contributed by atoms with Gasteiger partial charge in [0, 0.05) is 0 Å². The number of aromatic hydroxyl groups is 1. The Morgan fingerprint density at radius 3 is 2.38 bits per heavy atom. The lowest BCUT2D eigenvalue weighted by molar-refractivity contribution is 0.0528. The van der Waals surface area contributed by atoms with Gasteiger partial charge in [-0.25, -0.2) is 9.78 Å². The van der Waals surface area contributed by atoms with Crippen molar-refractivity contribution in [3.05, 3.63) is 45.8 Å². The van der Waals surface area contributed by atoms with E-state index in [4.69, 9.17) is 4.74 Å². The van der Waals surface area contributed by atoms with Crippen molar-refractivity contribution in [1.82, 2.24) is 9.88 Å². The first-order valence-corrected chi connectivity index (χ1v) is 10.0. The van der Waals surface area contributed by atoms with Gasteiger partial charge in [0.15, 0.2) is 4.88 Å².